The number of amides is 1. The molecule has 1 aromatic heterocycles. The van der Waals surface area contributed by atoms with Crippen LogP contribution in [0.3, 0.4) is 0 Å². The number of carbonyl (C=O) groups excluding carboxylic acids is 2. The molecule has 1 amide bonds. The molecule has 1 aromatic carbocycles. The Hall–Kier alpha value is -2.70. The van der Waals surface area contributed by atoms with Crippen molar-refractivity contribution in [1.82, 2.24) is 14.7 Å². The molecule has 1 fully saturated rings. The summed E-state index contributed by atoms with van der Waals surface area (Å²) in [5.41, 5.74) is 2.42. The van der Waals surface area contributed by atoms with Crippen molar-refractivity contribution < 1.29 is 18.7 Å². The second-order valence-corrected chi connectivity index (χ2v) is 7.56. The lowest BCUT2D eigenvalue weighted by atomic mass is 9.78. The molecule has 0 saturated carbocycles. The van der Waals surface area contributed by atoms with Crippen LogP contribution in [0.5, 0.6) is 0 Å². The highest BCUT2D eigenvalue weighted by Gasteiger charge is 2.32. The van der Waals surface area contributed by atoms with E-state index in [-0.39, 0.29) is 36.0 Å². The van der Waals surface area contributed by atoms with Gasteiger partial charge in [-0.25, -0.2) is 4.39 Å². The fraction of sp³-hybridized carbons (Fsp3) is 0.500. The average molecular weight is 401 g/mol. The Balaban J connectivity index is 1.70. The maximum atomic E-state index is 13.4. The highest BCUT2D eigenvalue weighted by molar-refractivity contribution is 5.95. The van der Waals surface area contributed by atoms with Crippen molar-refractivity contribution >= 4 is 11.9 Å². The van der Waals surface area contributed by atoms with E-state index in [0.29, 0.717) is 25.3 Å². The topological polar surface area (TPSA) is 64.4 Å². The first-order valence-electron chi connectivity index (χ1n) is 10.1. The van der Waals surface area contributed by atoms with E-state index in [1.807, 2.05) is 18.9 Å². The molecule has 6 nitrogen and oxygen atoms in total. The third kappa shape index (κ3) is 4.83. The molecule has 1 aliphatic rings. The summed E-state index contributed by atoms with van der Waals surface area (Å²) in [5.74, 6) is -0.365. The van der Waals surface area contributed by atoms with Gasteiger partial charge in [0.05, 0.1) is 24.8 Å². The largest absolute Gasteiger partial charge is 0.466 e. The van der Waals surface area contributed by atoms with Crippen molar-refractivity contribution in [2.45, 2.75) is 39.0 Å². The van der Waals surface area contributed by atoms with E-state index in [4.69, 9.17) is 4.74 Å². The Morgan fingerprint density at radius 3 is 2.45 bits per heavy atom. The molecular weight excluding hydrogens is 373 g/mol. The van der Waals surface area contributed by atoms with Gasteiger partial charge in [0, 0.05) is 25.8 Å². The number of aromatic nitrogens is 2. The van der Waals surface area contributed by atoms with Gasteiger partial charge in [0.2, 0.25) is 0 Å². The molecule has 29 heavy (non-hydrogen) atoms. The Morgan fingerprint density at radius 2 is 1.90 bits per heavy atom. The summed E-state index contributed by atoms with van der Waals surface area (Å²) in [6.07, 6.45) is 3.45. The minimum atomic E-state index is -0.295. The van der Waals surface area contributed by atoms with Gasteiger partial charge < -0.3 is 9.64 Å². The van der Waals surface area contributed by atoms with Crippen molar-refractivity contribution in [3.8, 4) is 0 Å². The molecular formula is C22H28FN3O3. The zero-order valence-corrected chi connectivity index (χ0v) is 17.2. The van der Waals surface area contributed by atoms with Crippen LogP contribution in [0.4, 0.5) is 4.39 Å². The monoisotopic (exact) mass is 401 g/mol. The number of likely N-dealkylation sites (tertiary alicyclic amines) is 1. The summed E-state index contributed by atoms with van der Waals surface area (Å²) in [6.45, 7) is 5.26. The summed E-state index contributed by atoms with van der Waals surface area (Å²) in [7, 11) is 1.82. The number of hydrogen-bond acceptors (Lipinski definition) is 4. The highest BCUT2D eigenvalue weighted by atomic mass is 19.1. The van der Waals surface area contributed by atoms with Crippen LogP contribution in [0.25, 0.3) is 0 Å². The Bertz CT molecular complexity index is 855. The molecule has 0 radical (unpaired) electrons. The van der Waals surface area contributed by atoms with Crippen LogP contribution < -0.4 is 0 Å². The van der Waals surface area contributed by atoms with Crippen LogP contribution in [-0.4, -0.2) is 46.3 Å². The Kier molecular flexibility index (Phi) is 6.67. The van der Waals surface area contributed by atoms with Gasteiger partial charge in [0.15, 0.2) is 0 Å². The molecule has 2 heterocycles. The predicted octanol–water partition coefficient (Wildman–Crippen LogP) is 3.46. The smallest absolute Gasteiger partial charge is 0.306 e. The van der Waals surface area contributed by atoms with Crippen LogP contribution in [-0.2, 0) is 16.6 Å². The first kappa shape index (κ1) is 21.0. The van der Waals surface area contributed by atoms with Gasteiger partial charge in [-0.1, -0.05) is 12.1 Å². The summed E-state index contributed by atoms with van der Waals surface area (Å²) in [5, 5.41) is 4.16. The molecule has 3 rings (SSSR count). The molecule has 2 aromatic rings. The molecule has 0 spiro atoms. The number of benzene rings is 1. The maximum absolute atomic E-state index is 13.4. The zero-order chi connectivity index (χ0) is 21.0. The van der Waals surface area contributed by atoms with Crippen molar-refractivity contribution in [2.24, 2.45) is 13.0 Å². The lowest BCUT2D eigenvalue weighted by Gasteiger charge is -2.36. The second kappa shape index (κ2) is 9.20. The Morgan fingerprint density at radius 1 is 1.24 bits per heavy atom. The first-order valence-corrected chi connectivity index (χ1v) is 10.1. The molecule has 0 unspecified atom stereocenters. The summed E-state index contributed by atoms with van der Waals surface area (Å²) in [4.78, 5) is 26.9. The number of rotatable bonds is 6. The molecule has 1 atom stereocenters. The van der Waals surface area contributed by atoms with Crippen LogP contribution in [0, 0.1) is 18.7 Å². The van der Waals surface area contributed by atoms with Gasteiger partial charge >= 0.3 is 5.97 Å². The normalized spacial score (nSPS) is 15.9. The van der Waals surface area contributed by atoms with E-state index < -0.39 is 0 Å². The Labute approximate surface area is 170 Å². The van der Waals surface area contributed by atoms with E-state index in [1.54, 1.807) is 29.9 Å². The number of halogens is 1. The summed E-state index contributed by atoms with van der Waals surface area (Å²) in [6, 6.07) is 6.35. The standard InChI is InChI=1S/C22H28FN3O3/c1-4-29-21(27)13-19(16-5-7-18(23)8-6-16)17-9-11-26(12-10-17)22(28)20-14-24-25(3)15(20)2/h5-8,14,17,19H,4,9-13H2,1-3H3/t19-/m1/s1. The van der Waals surface area contributed by atoms with Crippen LogP contribution in [0.15, 0.2) is 30.5 Å². The lowest BCUT2D eigenvalue weighted by molar-refractivity contribution is -0.144. The molecule has 7 heteroatoms. The minimum Gasteiger partial charge on any atom is -0.466 e. The van der Waals surface area contributed by atoms with Crippen molar-refractivity contribution in [3.05, 3.63) is 53.1 Å². The van der Waals surface area contributed by atoms with Gasteiger partial charge in [-0.3, -0.25) is 14.3 Å². The van der Waals surface area contributed by atoms with Gasteiger partial charge in [0.25, 0.3) is 5.91 Å². The van der Waals surface area contributed by atoms with Crippen LogP contribution >= 0.6 is 0 Å². The van der Waals surface area contributed by atoms with E-state index in [0.717, 1.165) is 24.1 Å². The molecule has 1 saturated heterocycles. The fourth-order valence-corrected chi connectivity index (χ4v) is 4.05. The van der Waals surface area contributed by atoms with E-state index in [1.165, 1.54) is 12.1 Å². The third-order valence-electron chi connectivity index (χ3n) is 5.85. The molecule has 156 valence electrons. The van der Waals surface area contributed by atoms with Crippen molar-refractivity contribution in [3.63, 3.8) is 0 Å². The molecule has 0 aliphatic carbocycles. The molecule has 1 aliphatic heterocycles. The number of nitrogens with zero attached hydrogens (tertiary/aromatic N) is 3. The number of aryl methyl sites for hydroxylation is 1. The number of piperidine rings is 1. The number of carbonyl (C=O) groups is 2. The minimum absolute atomic E-state index is 0.00206. The number of ether oxygens (including phenoxy) is 1. The SMILES string of the molecule is CCOC(=O)C[C@H](c1ccc(F)cc1)C1CCN(C(=O)c2cnn(C)c2C)CC1. The average Bonchev–Trinajstić information content (AvgIpc) is 3.05. The summed E-state index contributed by atoms with van der Waals surface area (Å²) < 4.78 is 20.2. The van der Waals surface area contributed by atoms with Crippen LogP contribution in [0.2, 0.25) is 0 Å². The van der Waals surface area contributed by atoms with Crippen molar-refractivity contribution in [2.75, 3.05) is 19.7 Å². The molecule has 0 N–H and O–H groups in total. The third-order valence-corrected chi connectivity index (χ3v) is 5.85. The van der Waals surface area contributed by atoms with Gasteiger partial charge in [-0.15, -0.1) is 0 Å². The highest BCUT2D eigenvalue weighted by Crippen LogP contribution is 2.36. The van der Waals surface area contributed by atoms with Crippen LogP contribution in [0.1, 0.15) is 53.7 Å². The first-order chi connectivity index (χ1) is 13.9. The van der Waals surface area contributed by atoms with E-state index >= 15 is 0 Å². The van der Waals surface area contributed by atoms with Gasteiger partial charge in [-0.05, 0) is 56.2 Å². The maximum Gasteiger partial charge on any atom is 0.306 e. The van der Waals surface area contributed by atoms with Gasteiger partial charge in [0.1, 0.15) is 5.82 Å². The number of hydrogen-bond donors (Lipinski definition) is 0. The van der Waals surface area contributed by atoms with E-state index in [2.05, 4.69) is 5.10 Å². The predicted molar refractivity (Wildman–Crippen MR) is 107 cm³/mol. The quantitative estimate of drug-likeness (QED) is 0.696. The number of esters is 1. The lowest BCUT2D eigenvalue weighted by Crippen LogP contribution is -2.40. The summed E-state index contributed by atoms with van der Waals surface area (Å²) >= 11 is 0. The van der Waals surface area contributed by atoms with E-state index in [9.17, 15) is 14.0 Å². The van der Waals surface area contributed by atoms with Gasteiger partial charge in [-0.2, -0.15) is 5.10 Å². The zero-order valence-electron chi connectivity index (χ0n) is 17.2. The fourth-order valence-electron chi connectivity index (χ4n) is 4.05. The second-order valence-electron chi connectivity index (χ2n) is 7.56. The molecule has 0 bridgehead atoms. The van der Waals surface area contributed by atoms with Crippen molar-refractivity contribution in [1.29, 1.82) is 0 Å².